The van der Waals surface area contributed by atoms with Crippen LogP contribution >= 0.6 is 11.6 Å². The first-order chi connectivity index (χ1) is 15.4. The molecule has 0 aromatic heterocycles. The maximum atomic E-state index is 13.3. The lowest BCUT2D eigenvalue weighted by Gasteiger charge is -2.38. The molecule has 2 aromatic carbocycles. The number of carbonyl (C=O) groups is 2. The molecule has 2 aliphatic rings. The molecule has 0 bridgehead atoms. The predicted octanol–water partition coefficient (Wildman–Crippen LogP) is 3.51. The van der Waals surface area contributed by atoms with Gasteiger partial charge < -0.3 is 14.5 Å². The molecule has 0 spiro atoms. The molecular formula is C25H28ClN3O3. The van der Waals surface area contributed by atoms with Crippen LogP contribution in [0.4, 0.5) is 5.69 Å². The third-order valence-electron chi connectivity index (χ3n) is 6.31. The molecule has 2 aliphatic heterocycles. The lowest BCUT2D eigenvalue weighted by Crippen LogP contribution is -2.48. The van der Waals surface area contributed by atoms with Crippen molar-refractivity contribution in [2.45, 2.75) is 13.8 Å². The Morgan fingerprint density at radius 2 is 1.56 bits per heavy atom. The molecule has 1 saturated heterocycles. The summed E-state index contributed by atoms with van der Waals surface area (Å²) in [5.41, 5.74) is 5.41. The van der Waals surface area contributed by atoms with Gasteiger partial charge in [-0.2, -0.15) is 0 Å². The van der Waals surface area contributed by atoms with Crippen LogP contribution in [0.5, 0.6) is 0 Å². The molecule has 2 heterocycles. The second-order valence-electron chi connectivity index (χ2n) is 8.18. The summed E-state index contributed by atoms with van der Waals surface area (Å²) in [6.07, 6.45) is 0. The smallest absolute Gasteiger partial charge is 0.277 e. The lowest BCUT2D eigenvalue weighted by atomic mass is 10.0. The van der Waals surface area contributed by atoms with Gasteiger partial charge in [0, 0.05) is 44.0 Å². The third-order valence-corrected chi connectivity index (χ3v) is 6.56. The molecule has 0 aliphatic carbocycles. The molecule has 0 unspecified atom stereocenters. The van der Waals surface area contributed by atoms with Gasteiger partial charge >= 0.3 is 0 Å². The fourth-order valence-corrected chi connectivity index (χ4v) is 4.49. The number of piperazine rings is 1. The van der Waals surface area contributed by atoms with Crippen LogP contribution in [-0.2, 0) is 14.3 Å². The number of amides is 2. The Bertz CT molecular complexity index is 1060. The molecule has 32 heavy (non-hydrogen) atoms. The normalized spacial score (nSPS) is 17.1. The Kier molecular flexibility index (Phi) is 6.53. The van der Waals surface area contributed by atoms with Gasteiger partial charge in [-0.15, -0.1) is 0 Å². The van der Waals surface area contributed by atoms with E-state index in [-0.39, 0.29) is 18.4 Å². The van der Waals surface area contributed by atoms with Crippen molar-refractivity contribution in [2.24, 2.45) is 0 Å². The molecular weight excluding hydrogens is 426 g/mol. The first kappa shape index (κ1) is 22.4. The number of carbonyl (C=O) groups excluding carboxylic acids is 2. The molecule has 2 aromatic rings. The fraction of sp³-hybridized carbons (Fsp3) is 0.360. The number of halogens is 1. The predicted molar refractivity (Wildman–Crippen MR) is 127 cm³/mol. The molecule has 168 valence electrons. The van der Waals surface area contributed by atoms with Crippen LogP contribution < -0.4 is 4.90 Å². The van der Waals surface area contributed by atoms with E-state index in [0.29, 0.717) is 41.6 Å². The van der Waals surface area contributed by atoms with Crippen LogP contribution in [0, 0.1) is 13.8 Å². The third kappa shape index (κ3) is 4.12. The van der Waals surface area contributed by atoms with Gasteiger partial charge in [-0.3, -0.25) is 14.5 Å². The van der Waals surface area contributed by atoms with Gasteiger partial charge in [-0.05, 0) is 48.7 Å². The minimum Gasteiger partial charge on any atom is -0.383 e. The monoisotopic (exact) mass is 453 g/mol. The van der Waals surface area contributed by atoms with Crippen molar-refractivity contribution in [2.75, 3.05) is 51.3 Å². The van der Waals surface area contributed by atoms with Crippen LogP contribution in [0.25, 0.3) is 5.57 Å². The van der Waals surface area contributed by atoms with E-state index in [1.807, 2.05) is 0 Å². The van der Waals surface area contributed by atoms with E-state index in [0.717, 1.165) is 13.1 Å². The minimum atomic E-state index is -0.277. The van der Waals surface area contributed by atoms with Crippen molar-refractivity contribution >= 4 is 34.7 Å². The molecule has 0 saturated carbocycles. The molecule has 7 heteroatoms. The SMILES string of the molecule is COCCN1C(=O)C(c2ccc(Cl)cc2)=C(N2CCN(c3cccc(C)c3C)CC2)C1=O. The molecule has 2 amide bonds. The summed E-state index contributed by atoms with van der Waals surface area (Å²) >= 11 is 6.05. The Morgan fingerprint density at radius 3 is 2.22 bits per heavy atom. The maximum absolute atomic E-state index is 13.3. The van der Waals surface area contributed by atoms with E-state index in [4.69, 9.17) is 16.3 Å². The molecule has 1 fully saturated rings. The van der Waals surface area contributed by atoms with Crippen LogP contribution in [0.1, 0.15) is 16.7 Å². The highest BCUT2D eigenvalue weighted by molar-refractivity contribution is 6.36. The average molecular weight is 454 g/mol. The number of hydrogen-bond donors (Lipinski definition) is 0. The van der Waals surface area contributed by atoms with E-state index >= 15 is 0 Å². The number of imide groups is 1. The van der Waals surface area contributed by atoms with Crippen molar-refractivity contribution < 1.29 is 14.3 Å². The summed E-state index contributed by atoms with van der Waals surface area (Å²) in [7, 11) is 1.56. The van der Waals surface area contributed by atoms with Gasteiger partial charge in [-0.1, -0.05) is 35.9 Å². The summed E-state index contributed by atoms with van der Waals surface area (Å²) in [5.74, 6) is -0.529. The number of nitrogens with zero attached hydrogens (tertiary/aromatic N) is 3. The van der Waals surface area contributed by atoms with Crippen molar-refractivity contribution in [3.8, 4) is 0 Å². The van der Waals surface area contributed by atoms with Crippen LogP contribution in [0.2, 0.25) is 5.02 Å². The number of aryl methyl sites for hydroxylation is 1. The van der Waals surface area contributed by atoms with Gasteiger partial charge in [0.1, 0.15) is 5.70 Å². The van der Waals surface area contributed by atoms with Crippen molar-refractivity contribution in [3.05, 3.63) is 69.9 Å². The zero-order valence-corrected chi connectivity index (χ0v) is 19.5. The topological polar surface area (TPSA) is 53.1 Å². The summed E-state index contributed by atoms with van der Waals surface area (Å²) in [6, 6.07) is 13.4. The Hall–Kier alpha value is -2.83. The summed E-state index contributed by atoms with van der Waals surface area (Å²) in [5, 5.41) is 0.589. The van der Waals surface area contributed by atoms with E-state index in [2.05, 4.69) is 41.8 Å². The zero-order valence-electron chi connectivity index (χ0n) is 18.7. The minimum absolute atomic E-state index is 0.233. The highest BCUT2D eigenvalue weighted by Gasteiger charge is 2.42. The first-order valence-corrected chi connectivity index (χ1v) is 11.2. The van der Waals surface area contributed by atoms with E-state index in [1.165, 1.54) is 21.7 Å². The Balaban J connectivity index is 1.63. The van der Waals surface area contributed by atoms with Crippen molar-refractivity contribution in [3.63, 3.8) is 0 Å². The van der Waals surface area contributed by atoms with E-state index in [1.54, 1.807) is 31.4 Å². The Labute approximate surface area is 194 Å². The lowest BCUT2D eigenvalue weighted by molar-refractivity contribution is -0.138. The largest absolute Gasteiger partial charge is 0.383 e. The van der Waals surface area contributed by atoms with E-state index in [9.17, 15) is 9.59 Å². The number of rotatable bonds is 6. The zero-order chi connectivity index (χ0) is 22.8. The average Bonchev–Trinajstić information content (AvgIpc) is 3.04. The van der Waals surface area contributed by atoms with Gasteiger partial charge in [0.05, 0.1) is 18.7 Å². The van der Waals surface area contributed by atoms with Gasteiger partial charge in [-0.25, -0.2) is 0 Å². The molecule has 4 rings (SSSR count). The summed E-state index contributed by atoms with van der Waals surface area (Å²) in [6.45, 7) is 7.69. The highest BCUT2D eigenvalue weighted by atomic mass is 35.5. The van der Waals surface area contributed by atoms with Gasteiger partial charge in [0.2, 0.25) is 0 Å². The fourth-order valence-electron chi connectivity index (χ4n) is 4.37. The van der Waals surface area contributed by atoms with Crippen molar-refractivity contribution in [1.82, 2.24) is 9.80 Å². The number of hydrogen-bond acceptors (Lipinski definition) is 5. The highest BCUT2D eigenvalue weighted by Crippen LogP contribution is 2.33. The molecule has 6 nitrogen and oxygen atoms in total. The number of anilines is 1. The quantitative estimate of drug-likeness (QED) is 0.626. The van der Waals surface area contributed by atoms with Gasteiger partial charge in [0.15, 0.2) is 0 Å². The first-order valence-electron chi connectivity index (χ1n) is 10.8. The molecule has 0 N–H and O–H groups in total. The van der Waals surface area contributed by atoms with Crippen LogP contribution in [0.3, 0.4) is 0 Å². The summed E-state index contributed by atoms with van der Waals surface area (Å²) in [4.78, 5) is 32.3. The second kappa shape index (κ2) is 9.35. The van der Waals surface area contributed by atoms with Gasteiger partial charge in [0.25, 0.3) is 11.8 Å². The van der Waals surface area contributed by atoms with Crippen LogP contribution in [-0.4, -0.2) is 68.1 Å². The number of benzene rings is 2. The standard InChI is InChI=1S/C25H28ClN3O3/c1-17-5-4-6-21(18(17)2)27-11-13-28(14-12-27)23-22(19-7-9-20(26)10-8-19)24(30)29(25(23)31)15-16-32-3/h4-10H,11-16H2,1-3H3. The number of methoxy groups -OCH3 is 1. The van der Waals surface area contributed by atoms with Crippen molar-refractivity contribution in [1.29, 1.82) is 0 Å². The second-order valence-corrected chi connectivity index (χ2v) is 8.61. The van der Waals surface area contributed by atoms with E-state index < -0.39 is 0 Å². The van der Waals surface area contributed by atoms with Crippen LogP contribution in [0.15, 0.2) is 48.2 Å². The molecule has 0 radical (unpaired) electrons. The maximum Gasteiger partial charge on any atom is 0.277 e. The summed E-state index contributed by atoms with van der Waals surface area (Å²) < 4.78 is 5.12. The molecule has 0 atom stereocenters. The number of ether oxygens (including phenoxy) is 1. The Morgan fingerprint density at radius 1 is 0.906 bits per heavy atom.